The Hall–Kier alpha value is -2.17. The first-order valence-corrected chi connectivity index (χ1v) is 6.39. The highest BCUT2D eigenvalue weighted by Crippen LogP contribution is 2.22. The fraction of sp³-hybridized carbons (Fsp3) is 0.400. The fourth-order valence-electron chi connectivity index (χ4n) is 2.12. The van der Waals surface area contributed by atoms with Gasteiger partial charge >= 0.3 is 5.97 Å². The van der Waals surface area contributed by atoms with Gasteiger partial charge in [0.2, 0.25) is 0 Å². The second kappa shape index (κ2) is 5.07. The average Bonchev–Trinajstić information content (AvgIpc) is 2.40. The number of ether oxygens (including phenoxy) is 1. The second-order valence-corrected chi connectivity index (χ2v) is 5.71. The zero-order valence-corrected chi connectivity index (χ0v) is 12.1. The van der Waals surface area contributed by atoms with Crippen molar-refractivity contribution in [1.29, 1.82) is 0 Å². The summed E-state index contributed by atoms with van der Waals surface area (Å²) in [6.07, 6.45) is 3.30. The number of esters is 1. The standard InChI is InChI=1S/C15H18N2O3/c1-15(2,3)11-7-10-8-16-6-5-12(10)17(14(11)19)9-13(18)20-4/h5-8H,9H2,1-4H3. The Morgan fingerprint density at radius 2 is 2.10 bits per heavy atom. The van der Waals surface area contributed by atoms with Crippen LogP contribution in [0.4, 0.5) is 0 Å². The number of methoxy groups -OCH3 is 1. The molecule has 0 aromatic carbocycles. The topological polar surface area (TPSA) is 61.2 Å². The smallest absolute Gasteiger partial charge is 0.325 e. The van der Waals surface area contributed by atoms with E-state index in [1.165, 1.54) is 11.7 Å². The molecule has 0 bridgehead atoms. The van der Waals surface area contributed by atoms with Crippen molar-refractivity contribution in [2.75, 3.05) is 7.11 Å². The molecule has 2 aromatic rings. The maximum atomic E-state index is 12.6. The van der Waals surface area contributed by atoms with E-state index in [2.05, 4.69) is 9.72 Å². The van der Waals surface area contributed by atoms with Gasteiger partial charge in [0.1, 0.15) is 6.54 Å². The van der Waals surface area contributed by atoms with Crippen LogP contribution in [0.1, 0.15) is 26.3 Å². The molecule has 2 heterocycles. The second-order valence-electron chi connectivity index (χ2n) is 5.71. The van der Waals surface area contributed by atoms with Crippen molar-refractivity contribution in [1.82, 2.24) is 9.55 Å². The van der Waals surface area contributed by atoms with Crippen LogP contribution in [0, 0.1) is 0 Å². The molecular weight excluding hydrogens is 256 g/mol. The molecule has 0 radical (unpaired) electrons. The number of carbonyl (C=O) groups is 1. The molecule has 0 aliphatic carbocycles. The summed E-state index contributed by atoms with van der Waals surface area (Å²) in [7, 11) is 1.31. The molecule has 0 spiro atoms. The summed E-state index contributed by atoms with van der Waals surface area (Å²) in [6.45, 7) is 5.80. The summed E-state index contributed by atoms with van der Waals surface area (Å²) in [4.78, 5) is 28.2. The Balaban J connectivity index is 2.78. The number of hydrogen-bond acceptors (Lipinski definition) is 4. The van der Waals surface area contributed by atoms with E-state index >= 15 is 0 Å². The van der Waals surface area contributed by atoms with Crippen LogP contribution in [-0.2, 0) is 21.5 Å². The molecule has 0 amide bonds. The van der Waals surface area contributed by atoms with E-state index in [0.717, 1.165) is 5.39 Å². The molecule has 5 heteroatoms. The number of fused-ring (bicyclic) bond motifs is 1. The van der Waals surface area contributed by atoms with Crippen molar-refractivity contribution in [3.8, 4) is 0 Å². The minimum Gasteiger partial charge on any atom is -0.468 e. The summed E-state index contributed by atoms with van der Waals surface area (Å²) in [5.41, 5.74) is 0.866. The highest BCUT2D eigenvalue weighted by molar-refractivity contribution is 5.80. The summed E-state index contributed by atoms with van der Waals surface area (Å²) in [6, 6.07) is 3.57. The van der Waals surface area contributed by atoms with E-state index in [9.17, 15) is 9.59 Å². The molecule has 0 aliphatic rings. The summed E-state index contributed by atoms with van der Waals surface area (Å²) >= 11 is 0. The number of hydrogen-bond donors (Lipinski definition) is 0. The monoisotopic (exact) mass is 274 g/mol. The molecular formula is C15H18N2O3. The molecule has 0 aliphatic heterocycles. The van der Waals surface area contributed by atoms with E-state index in [4.69, 9.17) is 0 Å². The molecule has 106 valence electrons. The normalized spacial score (nSPS) is 11.6. The van der Waals surface area contributed by atoms with Crippen molar-refractivity contribution < 1.29 is 9.53 Å². The van der Waals surface area contributed by atoms with Gasteiger partial charge < -0.3 is 4.74 Å². The molecule has 0 fully saturated rings. The maximum absolute atomic E-state index is 12.6. The van der Waals surface area contributed by atoms with Crippen LogP contribution in [0.3, 0.4) is 0 Å². The van der Waals surface area contributed by atoms with Gasteiger partial charge in [0.05, 0.1) is 12.6 Å². The van der Waals surface area contributed by atoms with Gasteiger partial charge in [-0.1, -0.05) is 20.8 Å². The maximum Gasteiger partial charge on any atom is 0.325 e. The molecule has 0 N–H and O–H groups in total. The van der Waals surface area contributed by atoms with E-state index < -0.39 is 5.97 Å². The lowest BCUT2D eigenvalue weighted by molar-refractivity contribution is -0.141. The van der Waals surface area contributed by atoms with Gasteiger partial charge in [-0.05, 0) is 17.5 Å². The summed E-state index contributed by atoms with van der Waals surface area (Å²) < 4.78 is 6.12. The first-order chi connectivity index (χ1) is 9.34. The Bertz CT molecular complexity index is 711. The molecule has 0 atom stereocenters. The van der Waals surface area contributed by atoms with Crippen molar-refractivity contribution in [2.45, 2.75) is 32.7 Å². The van der Waals surface area contributed by atoms with Gasteiger partial charge in [0, 0.05) is 23.3 Å². The summed E-state index contributed by atoms with van der Waals surface area (Å²) in [5, 5.41) is 0.834. The molecule has 2 rings (SSSR count). The third-order valence-electron chi connectivity index (χ3n) is 3.22. The molecule has 0 unspecified atom stereocenters. The van der Waals surface area contributed by atoms with Gasteiger partial charge in [-0.15, -0.1) is 0 Å². The van der Waals surface area contributed by atoms with Crippen LogP contribution in [0.5, 0.6) is 0 Å². The number of pyridine rings is 2. The minimum absolute atomic E-state index is 0.0975. The van der Waals surface area contributed by atoms with Gasteiger partial charge in [-0.3, -0.25) is 19.1 Å². The quantitative estimate of drug-likeness (QED) is 0.784. The van der Waals surface area contributed by atoms with E-state index in [0.29, 0.717) is 11.1 Å². The Morgan fingerprint density at radius 1 is 1.40 bits per heavy atom. The summed E-state index contributed by atoms with van der Waals surface area (Å²) in [5.74, 6) is -0.448. The van der Waals surface area contributed by atoms with Gasteiger partial charge in [-0.2, -0.15) is 0 Å². The SMILES string of the molecule is COC(=O)Cn1c(=O)c(C(C)(C)C)cc2cnccc21. The van der Waals surface area contributed by atoms with Crippen LogP contribution in [0.15, 0.2) is 29.3 Å². The molecule has 20 heavy (non-hydrogen) atoms. The van der Waals surface area contributed by atoms with Crippen molar-refractivity contribution >= 4 is 16.9 Å². The zero-order chi connectivity index (χ0) is 14.9. The Morgan fingerprint density at radius 3 is 2.70 bits per heavy atom. The van der Waals surface area contributed by atoms with E-state index in [1.54, 1.807) is 18.5 Å². The van der Waals surface area contributed by atoms with E-state index in [-0.39, 0.29) is 17.5 Å². The third-order valence-corrected chi connectivity index (χ3v) is 3.22. The first kappa shape index (κ1) is 14.2. The van der Waals surface area contributed by atoms with Crippen molar-refractivity contribution in [3.05, 3.63) is 40.4 Å². The highest BCUT2D eigenvalue weighted by Gasteiger charge is 2.21. The van der Waals surface area contributed by atoms with Crippen LogP contribution >= 0.6 is 0 Å². The number of carbonyl (C=O) groups excluding carboxylic acids is 1. The Kier molecular flexibility index (Phi) is 3.61. The van der Waals surface area contributed by atoms with Gasteiger partial charge in [0.15, 0.2) is 0 Å². The van der Waals surface area contributed by atoms with Gasteiger partial charge in [-0.25, -0.2) is 0 Å². The predicted molar refractivity (Wildman–Crippen MR) is 76.7 cm³/mol. The van der Waals surface area contributed by atoms with Crippen LogP contribution in [0.25, 0.3) is 10.9 Å². The first-order valence-electron chi connectivity index (χ1n) is 6.39. The predicted octanol–water partition coefficient (Wildman–Crippen LogP) is 1.87. The highest BCUT2D eigenvalue weighted by atomic mass is 16.5. The zero-order valence-electron chi connectivity index (χ0n) is 12.1. The Labute approximate surface area is 117 Å². The fourth-order valence-corrected chi connectivity index (χ4v) is 2.12. The lowest BCUT2D eigenvalue weighted by Crippen LogP contribution is -2.32. The van der Waals surface area contributed by atoms with E-state index in [1.807, 2.05) is 26.8 Å². The molecule has 0 saturated heterocycles. The average molecular weight is 274 g/mol. The lowest BCUT2D eigenvalue weighted by atomic mass is 9.87. The molecule has 0 saturated carbocycles. The number of nitrogens with zero attached hydrogens (tertiary/aromatic N) is 2. The number of aromatic nitrogens is 2. The largest absolute Gasteiger partial charge is 0.468 e. The van der Waals surface area contributed by atoms with Crippen LogP contribution in [-0.4, -0.2) is 22.6 Å². The number of rotatable bonds is 2. The van der Waals surface area contributed by atoms with Crippen LogP contribution in [0.2, 0.25) is 0 Å². The van der Waals surface area contributed by atoms with Crippen molar-refractivity contribution in [2.24, 2.45) is 0 Å². The van der Waals surface area contributed by atoms with Crippen molar-refractivity contribution in [3.63, 3.8) is 0 Å². The molecule has 2 aromatic heterocycles. The third kappa shape index (κ3) is 2.57. The van der Waals surface area contributed by atoms with Gasteiger partial charge in [0.25, 0.3) is 5.56 Å². The van der Waals surface area contributed by atoms with Crippen LogP contribution < -0.4 is 5.56 Å². The minimum atomic E-state index is -0.448. The lowest BCUT2D eigenvalue weighted by Gasteiger charge is -2.20. The molecule has 5 nitrogen and oxygen atoms in total.